The summed E-state index contributed by atoms with van der Waals surface area (Å²) in [6, 6.07) is 2.96. The van der Waals surface area contributed by atoms with Crippen molar-refractivity contribution in [1.29, 1.82) is 0 Å². The first kappa shape index (κ1) is 17.9. The number of carbonyl (C=O) groups excluding carboxylic acids is 2. The summed E-state index contributed by atoms with van der Waals surface area (Å²) in [5.41, 5.74) is -2.85. The Morgan fingerprint density at radius 3 is 2.60 bits per heavy atom. The van der Waals surface area contributed by atoms with E-state index in [9.17, 15) is 27.9 Å². The Balaban J connectivity index is 1.81. The number of halogens is 3. The van der Waals surface area contributed by atoms with Crippen molar-refractivity contribution in [2.45, 2.75) is 30.7 Å². The molecule has 1 aromatic rings. The first-order valence-electron chi connectivity index (χ1n) is 7.65. The SMILES string of the molecule is O=Cc1cc(C(=O)N2CC[C@@H]3[C@H]2C[C@@]3(O)C(F)(F)F)ccc1B(O)O. The van der Waals surface area contributed by atoms with Crippen molar-refractivity contribution in [1.82, 2.24) is 4.90 Å². The summed E-state index contributed by atoms with van der Waals surface area (Å²) in [6.45, 7) is 0.0767. The zero-order chi connectivity index (χ0) is 18.6. The Bertz CT molecular complexity index is 726. The molecule has 1 saturated carbocycles. The molecule has 25 heavy (non-hydrogen) atoms. The molecule has 6 nitrogen and oxygen atoms in total. The van der Waals surface area contributed by atoms with E-state index in [1.54, 1.807) is 0 Å². The van der Waals surface area contributed by atoms with Gasteiger partial charge in [-0.25, -0.2) is 0 Å². The number of alkyl halides is 3. The van der Waals surface area contributed by atoms with Crippen LogP contribution in [0.1, 0.15) is 33.6 Å². The summed E-state index contributed by atoms with van der Waals surface area (Å²) in [6.07, 6.45) is -4.90. The molecule has 0 bridgehead atoms. The van der Waals surface area contributed by atoms with Gasteiger partial charge in [-0.1, -0.05) is 6.07 Å². The standard InChI is InChI=1S/C15H15BF3NO5/c17-15(18,19)14(23)6-12-10(14)3-4-20(12)13(22)8-1-2-11(16(24)25)9(5-8)7-21/h1-2,5,7,10,12,23-25H,3-4,6H2/t10-,12-,14+/m1/s1. The molecule has 1 aliphatic heterocycles. The van der Waals surface area contributed by atoms with Gasteiger partial charge in [0.1, 0.15) is 6.29 Å². The van der Waals surface area contributed by atoms with E-state index in [1.807, 2.05) is 0 Å². The van der Waals surface area contributed by atoms with Crippen LogP contribution in [0.15, 0.2) is 18.2 Å². The van der Waals surface area contributed by atoms with E-state index >= 15 is 0 Å². The van der Waals surface area contributed by atoms with Crippen molar-refractivity contribution in [3.05, 3.63) is 29.3 Å². The van der Waals surface area contributed by atoms with Gasteiger partial charge in [-0.2, -0.15) is 13.2 Å². The van der Waals surface area contributed by atoms with E-state index in [0.717, 1.165) is 0 Å². The van der Waals surface area contributed by atoms with Crippen LogP contribution in [0.3, 0.4) is 0 Å². The summed E-state index contributed by atoms with van der Waals surface area (Å²) in [4.78, 5) is 24.9. The number of aliphatic hydroxyl groups is 1. The molecular formula is C15H15BF3NO5. The summed E-state index contributed by atoms with van der Waals surface area (Å²) in [7, 11) is -1.88. The maximum atomic E-state index is 13.0. The lowest BCUT2D eigenvalue weighted by atomic mass is 9.65. The van der Waals surface area contributed by atoms with Crippen LogP contribution in [0.5, 0.6) is 0 Å². The Labute approximate surface area is 141 Å². The van der Waals surface area contributed by atoms with Gasteiger partial charge in [-0.3, -0.25) is 9.59 Å². The van der Waals surface area contributed by atoms with E-state index in [1.165, 1.54) is 23.1 Å². The number of benzene rings is 1. The molecule has 1 amide bonds. The van der Waals surface area contributed by atoms with Crippen molar-refractivity contribution in [3.63, 3.8) is 0 Å². The number of fused-ring (bicyclic) bond motifs is 1. The number of hydrogen-bond acceptors (Lipinski definition) is 5. The smallest absolute Gasteiger partial charge is 0.423 e. The minimum atomic E-state index is -4.74. The fourth-order valence-electron chi connectivity index (χ4n) is 3.76. The van der Waals surface area contributed by atoms with Crippen LogP contribution in [0.2, 0.25) is 0 Å². The second-order valence-corrected chi connectivity index (χ2v) is 6.42. The first-order valence-corrected chi connectivity index (χ1v) is 7.65. The summed E-state index contributed by atoms with van der Waals surface area (Å²) >= 11 is 0. The highest BCUT2D eigenvalue weighted by Gasteiger charge is 2.70. The second kappa shape index (κ2) is 5.82. The van der Waals surface area contributed by atoms with Crippen LogP contribution in [0, 0.1) is 5.92 Å². The maximum Gasteiger partial charge on any atom is 0.489 e. The third-order valence-corrected chi connectivity index (χ3v) is 5.17. The minimum Gasteiger partial charge on any atom is -0.423 e. The normalized spacial score (nSPS) is 28.3. The largest absolute Gasteiger partial charge is 0.489 e. The predicted molar refractivity (Wildman–Crippen MR) is 80.2 cm³/mol. The highest BCUT2D eigenvalue weighted by atomic mass is 19.4. The van der Waals surface area contributed by atoms with Crippen molar-refractivity contribution >= 4 is 24.8 Å². The number of aldehydes is 1. The molecule has 1 aliphatic carbocycles. The van der Waals surface area contributed by atoms with Gasteiger partial charge in [0.25, 0.3) is 5.91 Å². The van der Waals surface area contributed by atoms with Gasteiger partial charge in [-0.15, -0.1) is 0 Å². The van der Waals surface area contributed by atoms with Crippen molar-refractivity contribution in [3.8, 4) is 0 Å². The van der Waals surface area contributed by atoms with Crippen LogP contribution in [0.25, 0.3) is 0 Å². The molecular weight excluding hydrogens is 342 g/mol. The van der Waals surface area contributed by atoms with Gasteiger partial charge in [0.05, 0.1) is 0 Å². The van der Waals surface area contributed by atoms with Crippen LogP contribution in [0.4, 0.5) is 13.2 Å². The van der Waals surface area contributed by atoms with Gasteiger partial charge in [0.15, 0.2) is 5.60 Å². The number of rotatable bonds is 3. The van der Waals surface area contributed by atoms with Gasteiger partial charge in [0, 0.05) is 36.1 Å². The lowest BCUT2D eigenvalue weighted by Gasteiger charge is -2.50. The zero-order valence-electron chi connectivity index (χ0n) is 12.9. The summed E-state index contributed by atoms with van der Waals surface area (Å²) in [5, 5.41) is 28.1. The van der Waals surface area contributed by atoms with Crippen molar-refractivity contribution in [2.24, 2.45) is 5.92 Å². The van der Waals surface area contributed by atoms with Gasteiger partial charge >= 0.3 is 13.3 Å². The van der Waals surface area contributed by atoms with E-state index in [-0.39, 0.29) is 29.6 Å². The van der Waals surface area contributed by atoms with Gasteiger partial charge in [-0.05, 0) is 24.0 Å². The number of carbonyl (C=O) groups is 2. The average Bonchev–Trinajstić information content (AvgIpc) is 2.89. The van der Waals surface area contributed by atoms with E-state index in [0.29, 0.717) is 6.29 Å². The molecule has 0 radical (unpaired) electrons. The molecule has 2 fully saturated rings. The quantitative estimate of drug-likeness (QED) is 0.510. The lowest BCUT2D eigenvalue weighted by Crippen LogP contribution is -2.66. The fourth-order valence-corrected chi connectivity index (χ4v) is 3.76. The number of hydrogen-bond donors (Lipinski definition) is 3. The summed E-state index contributed by atoms with van der Waals surface area (Å²) < 4.78 is 38.9. The highest BCUT2D eigenvalue weighted by Crippen LogP contribution is 2.55. The number of likely N-dealkylation sites (tertiary alicyclic amines) is 1. The van der Waals surface area contributed by atoms with Crippen LogP contribution in [-0.2, 0) is 0 Å². The maximum absolute atomic E-state index is 13.0. The van der Waals surface area contributed by atoms with Crippen LogP contribution in [-0.4, -0.2) is 63.7 Å². The zero-order valence-corrected chi connectivity index (χ0v) is 12.9. The lowest BCUT2D eigenvalue weighted by molar-refractivity contribution is -0.316. The number of amides is 1. The Morgan fingerprint density at radius 1 is 1.36 bits per heavy atom. The van der Waals surface area contributed by atoms with Crippen LogP contribution >= 0.6 is 0 Å². The van der Waals surface area contributed by atoms with E-state index in [2.05, 4.69) is 0 Å². The highest BCUT2D eigenvalue weighted by molar-refractivity contribution is 6.60. The van der Waals surface area contributed by atoms with E-state index in [4.69, 9.17) is 10.0 Å². The second-order valence-electron chi connectivity index (χ2n) is 6.42. The average molecular weight is 357 g/mol. The van der Waals surface area contributed by atoms with Crippen molar-refractivity contribution < 1.29 is 37.9 Å². The monoisotopic (exact) mass is 357 g/mol. The molecule has 134 valence electrons. The molecule has 2 aliphatic rings. The molecule has 3 atom stereocenters. The Morgan fingerprint density at radius 2 is 2.04 bits per heavy atom. The molecule has 3 rings (SSSR count). The predicted octanol–water partition coefficient (Wildman–Crippen LogP) is -0.293. The van der Waals surface area contributed by atoms with Gasteiger partial charge in [0.2, 0.25) is 0 Å². The molecule has 1 aromatic carbocycles. The molecule has 10 heteroatoms. The molecule has 0 unspecified atom stereocenters. The van der Waals surface area contributed by atoms with Gasteiger partial charge < -0.3 is 20.1 Å². The molecule has 0 aromatic heterocycles. The topological polar surface area (TPSA) is 98.1 Å². The van der Waals surface area contributed by atoms with E-state index < -0.39 is 43.2 Å². The first-order chi connectivity index (χ1) is 11.6. The fraction of sp³-hybridized carbons (Fsp3) is 0.467. The molecule has 0 spiro atoms. The Kier molecular flexibility index (Phi) is 4.17. The molecule has 3 N–H and O–H groups in total. The molecule has 1 heterocycles. The summed E-state index contributed by atoms with van der Waals surface area (Å²) in [5.74, 6) is -1.61. The van der Waals surface area contributed by atoms with Crippen LogP contribution < -0.4 is 5.46 Å². The minimum absolute atomic E-state index is 0.0421. The third-order valence-electron chi connectivity index (χ3n) is 5.17. The third kappa shape index (κ3) is 2.64. The van der Waals surface area contributed by atoms with Crippen molar-refractivity contribution in [2.75, 3.05) is 6.54 Å². The Hall–Kier alpha value is -1.91. The number of nitrogens with zero attached hydrogens (tertiary/aromatic N) is 1. The molecule has 1 saturated heterocycles.